The van der Waals surface area contributed by atoms with Crippen molar-refractivity contribution in [3.05, 3.63) is 62.8 Å². The minimum absolute atomic E-state index is 0.0387. The van der Waals surface area contributed by atoms with Crippen LogP contribution in [0.15, 0.2) is 41.8 Å². The number of thiazole rings is 1. The number of hydrogen-bond acceptors (Lipinski definition) is 4. The molecular weight excluding hydrogens is 312 g/mol. The van der Waals surface area contributed by atoms with Crippen LogP contribution in [0, 0.1) is 13.8 Å². The normalized spacial score (nSPS) is 10.6. The SMILES string of the molecule is Cc1cccc(-c2nc(CNC(=O)c3ccc(C)s3)cs2)c1. The van der Waals surface area contributed by atoms with Crippen LogP contribution in [0.1, 0.15) is 25.8 Å². The molecule has 3 rings (SSSR count). The van der Waals surface area contributed by atoms with Crippen molar-refractivity contribution in [1.82, 2.24) is 10.3 Å². The maximum Gasteiger partial charge on any atom is 0.261 e. The summed E-state index contributed by atoms with van der Waals surface area (Å²) in [5.41, 5.74) is 3.23. The lowest BCUT2D eigenvalue weighted by Crippen LogP contribution is -2.21. The highest BCUT2D eigenvalue weighted by Crippen LogP contribution is 2.24. The van der Waals surface area contributed by atoms with E-state index in [0.717, 1.165) is 26.0 Å². The standard InChI is InChI=1S/C17H16N2OS2/c1-11-4-3-5-13(8-11)17-19-14(10-21-17)9-18-16(20)15-7-6-12(2)22-15/h3-8,10H,9H2,1-2H3,(H,18,20). The van der Waals surface area contributed by atoms with E-state index in [-0.39, 0.29) is 5.91 Å². The first-order valence-electron chi connectivity index (χ1n) is 6.98. The molecule has 5 heteroatoms. The van der Waals surface area contributed by atoms with Crippen LogP contribution < -0.4 is 5.32 Å². The summed E-state index contributed by atoms with van der Waals surface area (Å²) in [5, 5.41) is 5.90. The van der Waals surface area contributed by atoms with Gasteiger partial charge in [0.05, 0.1) is 17.1 Å². The lowest BCUT2D eigenvalue weighted by Gasteiger charge is -2.01. The van der Waals surface area contributed by atoms with Crippen molar-refractivity contribution in [2.75, 3.05) is 0 Å². The lowest BCUT2D eigenvalue weighted by atomic mass is 10.1. The Morgan fingerprint density at radius 2 is 2.09 bits per heavy atom. The van der Waals surface area contributed by atoms with Gasteiger partial charge in [-0.25, -0.2) is 4.98 Å². The second kappa shape index (κ2) is 6.42. The summed E-state index contributed by atoms with van der Waals surface area (Å²) in [4.78, 5) is 18.5. The number of amides is 1. The average molecular weight is 328 g/mol. The first-order chi connectivity index (χ1) is 10.6. The maximum atomic E-state index is 12.0. The number of thiophene rings is 1. The zero-order valence-corrected chi connectivity index (χ0v) is 14.1. The van der Waals surface area contributed by atoms with Crippen LogP contribution in [0.3, 0.4) is 0 Å². The summed E-state index contributed by atoms with van der Waals surface area (Å²) < 4.78 is 0. The van der Waals surface area contributed by atoms with Gasteiger partial charge in [-0.05, 0) is 32.0 Å². The number of nitrogens with zero attached hydrogens (tertiary/aromatic N) is 1. The summed E-state index contributed by atoms with van der Waals surface area (Å²) in [6.45, 7) is 4.52. The highest BCUT2D eigenvalue weighted by Gasteiger charge is 2.09. The van der Waals surface area contributed by atoms with Gasteiger partial charge < -0.3 is 5.32 Å². The van der Waals surface area contributed by atoms with Gasteiger partial charge in [0.25, 0.3) is 5.91 Å². The van der Waals surface area contributed by atoms with Gasteiger partial charge >= 0.3 is 0 Å². The molecule has 2 aromatic heterocycles. The smallest absolute Gasteiger partial charge is 0.261 e. The second-order valence-electron chi connectivity index (χ2n) is 5.11. The van der Waals surface area contributed by atoms with E-state index in [9.17, 15) is 4.79 Å². The van der Waals surface area contributed by atoms with Crippen molar-refractivity contribution in [3.63, 3.8) is 0 Å². The van der Waals surface area contributed by atoms with E-state index in [1.54, 1.807) is 11.3 Å². The van der Waals surface area contributed by atoms with Crippen LogP contribution in [0.2, 0.25) is 0 Å². The number of aryl methyl sites for hydroxylation is 2. The molecule has 0 spiro atoms. The zero-order chi connectivity index (χ0) is 15.5. The third-order valence-corrected chi connectivity index (χ3v) is 5.15. The van der Waals surface area contributed by atoms with Gasteiger partial charge in [0.15, 0.2) is 0 Å². The van der Waals surface area contributed by atoms with Crippen molar-refractivity contribution in [2.24, 2.45) is 0 Å². The van der Waals surface area contributed by atoms with Crippen LogP contribution in [-0.4, -0.2) is 10.9 Å². The Labute approximate surface area is 137 Å². The fourth-order valence-corrected chi connectivity index (χ4v) is 3.71. The van der Waals surface area contributed by atoms with Gasteiger partial charge in [0.2, 0.25) is 0 Å². The number of carbonyl (C=O) groups is 1. The Morgan fingerprint density at radius 1 is 1.23 bits per heavy atom. The molecule has 0 unspecified atom stereocenters. The molecule has 1 N–H and O–H groups in total. The van der Waals surface area contributed by atoms with Gasteiger partial charge in [0.1, 0.15) is 5.01 Å². The third-order valence-electron chi connectivity index (χ3n) is 3.21. The van der Waals surface area contributed by atoms with E-state index in [1.807, 2.05) is 30.5 Å². The molecule has 2 heterocycles. The van der Waals surface area contributed by atoms with Crippen LogP contribution in [0.5, 0.6) is 0 Å². The fraction of sp³-hybridized carbons (Fsp3) is 0.176. The number of hydrogen-bond donors (Lipinski definition) is 1. The van der Waals surface area contributed by atoms with E-state index in [0.29, 0.717) is 6.54 Å². The van der Waals surface area contributed by atoms with Crippen LogP contribution in [0.25, 0.3) is 10.6 Å². The summed E-state index contributed by atoms with van der Waals surface area (Å²) in [5.74, 6) is -0.0387. The predicted molar refractivity (Wildman–Crippen MR) is 92.5 cm³/mol. The Morgan fingerprint density at radius 3 is 2.82 bits per heavy atom. The molecule has 0 aliphatic rings. The fourth-order valence-electron chi connectivity index (χ4n) is 2.11. The number of nitrogens with one attached hydrogen (secondary N) is 1. The molecule has 22 heavy (non-hydrogen) atoms. The summed E-state index contributed by atoms with van der Waals surface area (Å²) in [6, 6.07) is 12.1. The Kier molecular flexibility index (Phi) is 4.36. The summed E-state index contributed by atoms with van der Waals surface area (Å²) >= 11 is 3.11. The quantitative estimate of drug-likeness (QED) is 0.770. The Balaban J connectivity index is 1.66. The maximum absolute atomic E-state index is 12.0. The van der Waals surface area contributed by atoms with Crippen molar-refractivity contribution in [2.45, 2.75) is 20.4 Å². The lowest BCUT2D eigenvalue weighted by molar-refractivity contribution is 0.0954. The molecule has 3 nitrogen and oxygen atoms in total. The molecule has 3 aromatic rings. The number of benzene rings is 1. The van der Waals surface area contributed by atoms with E-state index >= 15 is 0 Å². The van der Waals surface area contributed by atoms with E-state index in [2.05, 4.69) is 35.4 Å². The first kappa shape index (κ1) is 14.9. The molecule has 0 atom stereocenters. The van der Waals surface area contributed by atoms with Gasteiger partial charge in [-0.15, -0.1) is 22.7 Å². The molecule has 0 radical (unpaired) electrons. The summed E-state index contributed by atoms with van der Waals surface area (Å²) in [7, 11) is 0. The van der Waals surface area contributed by atoms with Crippen molar-refractivity contribution < 1.29 is 4.79 Å². The molecule has 0 saturated carbocycles. The molecule has 1 amide bonds. The van der Waals surface area contributed by atoms with Crippen LogP contribution in [-0.2, 0) is 6.54 Å². The minimum Gasteiger partial charge on any atom is -0.346 e. The van der Waals surface area contributed by atoms with E-state index < -0.39 is 0 Å². The molecule has 0 bridgehead atoms. The van der Waals surface area contributed by atoms with Gasteiger partial charge in [-0.2, -0.15) is 0 Å². The third kappa shape index (κ3) is 3.43. The minimum atomic E-state index is -0.0387. The van der Waals surface area contributed by atoms with Gasteiger partial charge in [-0.3, -0.25) is 4.79 Å². The van der Waals surface area contributed by atoms with Crippen LogP contribution in [0.4, 0.5) is 0 Å². The topological polar surface area (TPSA) is 42.0 Å². The van der Waals surface area contributed by atoms with Gasteiger partial charge in [-0.1, -0.05) is 23.8 Å². The predicted octanol–water partition coefficient (Wildman–Crippen LogP) is 4.42. The molecule has 0 aliphatic carbocycles. The average Bonchev–Trinajstić information content (AvgIpc) is 3.14. The Bertz CT molecular complexity index is 804. The van der Waals surface area contributed by atoms with Gasteiger partial charge in [0, 0.05) is 15.8 Å². The van der Waals surface area contributed by atoms with E-state index in [1.165, 1.54) is 16.9 Å². The highest BCUT2D eigenvalue weighted by molar-refractivity contribution is 7.14. The molecule has 1 aromatic carbocycles. The molecule has 0 aliphatic heterocycles. The van der Waals surface area contributed by atoms with Crippen molar-refractivity contribution in [3.8, 4) is 10.6 Å². The van der Waals surface area contributed by atoms with Crippen molar-refractivity contribution >= 4 is 28.6 Å². The molecule has 112 valence electrons. The van der Waals surface area contributed by atoms with Crippen molar-refractivity contribution in [1.29, 1.82) is 0 Å². The monoisotopic (exact) mass is 328 g/mol. The largest absolute Gasteiger partial charge is 0.346 e. The highest BCUT2D eigenvalue weighted by atomic mass is 32.1. The van der Waals surface area contributed by atoms with E-state index in [4.69, 9.17) is 0 Å². The zero-order valence-electron chi connectivity index (χ0n) is 12.4. The number of carbonyl (C=O) groups excluding carboxylic acids is 1. The number of aromatic nitrogens is 1. The second-order valence-corrected chi connectivity index (χ2v) is 7.25. The number of rotatable bonds is 4. The molecule has 0 fully saturated rings. The molecular formula is C17H16N2OS2. The van der Waals surface area contributed by atoms with Crippen LogP contribution >= 0.6 is 22.7 Å². The first-order valence-corrected chi connectivity index (χ1v) is 8.67. The molecule has 0 saturated heterocycles. The Hall–Kier alpha value is -1.98. The summed E-state index contributed by atoms with van der Waals surface area (Å²) in [6.07, 6.45) is 0.